The van der Waals surface area contributed by atoms with Gasteiger partial charge in [-0.2, -0.15) is 0 Å². The summed E-state index contributed by atoms with van der Waals surface area (Å²) in [5.41, 5.74) is 7.04. The number of benzene rings is 2. The lowest BCUT2D eigenvalue weighted by Gasteiger charge is -2.15. The summed E-state index contributed by atoms with van der Waals surface area (Å²) in [5.74, 6) is -0.399. The number of aryl methyl sites for hydroxylation is 1. The molecule has 0 aliphatic carbocycles. The lowest BCUT2D eigenvalue weighted by atomic mass is 10.1. The van der Waals surface area contributed by atoms with Crippen molar-refractivity contribution in [2.45, 2.75) is 26.3 Å². The average Bonchev–Trinajstić information content (AvgIpc) is 2.78. The summed E-state index contributed by atoms with van der Waals surface area (Å²) in [4.78, 5) is 2.38. The Hall–Kier alpha value is -2.10. The second-order valence-electron chi connectivity index (χ2n) is 7.57. The Labute approximate surface area is 164 Å². The zero-order valence-electron chi connectivity index (χ0n) is 15.9. The molecule has 2 nitrogen and oxygen atoms in total. The molecule has 0 saturated heterocycles. The zero-order valence-corrected chi connectivity index (χ0v) is 16.6. The van der Waals surface area contributed by atoms with Crippen molar-refractivity contribution in [2.75, 3.05) is 20.1 Å². The Morgan fingerprint density at radius 3 is 2.70 bits per heavy atom. The number of likely N-dealkylation sites (N-methyl/N-ethyl adjacent to an activating group) is 1. The number of halogens is 2. The fourth-order valence-electron chi connectivity index (χ4n) is 4.05. The molecule has 1 aliphatic rings. The van der Waals surface area contributed by atoms with Gasteiger partial charge in [0, 0.05) is 42.7 Å². The molecule has 0 N–H and O–H groups in total. The minimum atomic E-state index is -0.399. The van der Waals surface area contributed by atoms with Crippen LogP contribution in [-0.4, -0.2) is 29.6 Å². The first-order valence-electron chi connectivity index (χ1n) is 9.36. The molecule has 2 heterocycles. The fourth-order valence-corrected chi connectivity index (χ4v) is 4.16. The normalized spacial score (nSPS) is 15.0. The van der Waals surface area contributed by atoms with Crippen LogP contribution in [0.3, 0.4) is 0 Å². The molecule has 2 aromatic carbocycles. The third kappa shape index (κ3) is 3.42. The van der Waals surface area contributed by atoms with E-state index in [0.29, 0.717) is 6.54 Å². The minimum Gasteiger partial charge on any atom is -0.340 e. The van der Waals surface area contributed by atoms with E-state index in [1.165, 1.54) is 33.8 Å². The highest BCUT2D eigenvalue weighted by atomic mass is 35.5. The maximum atomic E-state index is 13.9. The van der Waals surface area contributed by atoms with Crippen LogP contribution < -0.4 is 0 Å². The predicted molar refractivity (Wildman–Crippen MR) is 112 cm³/mol. The molecule has 1 aliphatic heterocycles. The first-order valence-corrected chi connectivity index (χ1v) is 9.74. The molecule has 140 valence electrons. The molecular weight excluding hydrogens is 359 g/mol. The van der Waals surface area contributed by atoms with Gasteiger partial charge in [-0.05, 0) is 61.4 Å². The monoisotopic (exact) mass is 382 g/mol. The minimum absolute atomic E-state index is 0.144. The van der Waals surface area contributed by atoms with Gasteiger partial charge in [-0.15, -0.1) is 0 Å². The molecule has 0 atom stereocenters. The van der Waals surface area contributed by atoms with Gasteiger partial charge in [-0.1, -0.05) is 35.9 Å². The van der Waals surface area contributed by atoms with Crippen molar-refractivity contribution >= 4 is 28.1 Å². The molecule has 3 aromatic rings. The van der Waals surface area contributed by atoms with Crippen LogP contribution in [0.5, 0.6) is 0 Å². The van der Waals surface area contributed by atoms with Crippen molar-refractivity contribution in [1.82, 2.24) is 9.47 Å². The average molecular weight is 383 g/mol. The molecule has 4 heteroatoms. The maximum Gasteiger partial charge on any atom is 0.142 e. The third-order valence-electron chi connectivity index (χ3n) is 5.59. The van der Waals surface area contributed by atoms with Gasteiger partial charge in [0.1, 0.15) is 5.82 Å². The molecule has 0 unspecified atom stereocenters. The summed E-state index contributed by atoms with van der Waals surface area (Å²) >= 11 is 5.83. The lowest BCUT2D eigenvalue weighted by molar-refractivity contribution is 0.351. The highest BCUT2D eigenvalue weighted by Crippen LogP contribution is 2.32. The first-order chi connectivity index (χ1) is 12.9. The first kappa shape index (κ1) is 18.3. The summed E-state index contributed by atoms with van der Waals surface area (Å²) in [6.45, 7) is 9.15. The van der Waals surface area contributed by atoms with E-state index in [-0.39, 0.29) is 5.02 Å². The molecule has 0 spiro atoms. The van der Waals surface area contributed by atoms with Gasteiger partial charge in [-0.25, -0.2) is 4.39 Å². The molecule has 0 saturated carbocycles. The predicted octanol–water partition coefficient (Wildman–Crippen LogP) is 5.49. The largest absolute Gasteiger partial charge is 0.340 e. The van der Waals surface area contributed by atoms with Crippen molar-refractivity contribution in [2.24, 2.45) is 0 Å². The molecular formula is C23H24ClFN2. The summed E-state index contributed by atoms with van der Waals surface area (Å²) in [7, 11) is 2.18. The molecule has 1 aromatic heterocycles. The van der Waals surface area contributed by atoms with Crippen LogP contribution >= 0.6 is 11.6 Å². The summed E-state index contributed by atoms with van der Waals surface area (Å²) in [6, 6.07) is 11.6. The number of aromatic nitrogens is 1. The number of allylic oxidation sites excluding steroid dienone is 1. The van der Waals surface area contributed by atoms with Gasteiger partial charge < -0.3 is 9.47 Å². The molecule has 0 bridgehead atoms. The molecule has 4 rings (SSSR count). The van der Waals surface area contributed by atoms with Crippen LogP contribution in [0.25, 0.3) is 16.5 Å². The van der Waals surface area contributed by atoms with Crippen LogP contribution in [-0.2, 0) is 19.4 Å². The van der Waals surface area contributed by atoms with E-state index in [0.717, 1.165) is 37.1 Å². The summed E-state index contributed by atoms with van der Waals surface area (Å²) in [6.07, 6.45) is 2.07. The maximum absolute atomic E-state index is 13.9. The molecule has 0 fully saturated rings. The Bertz CT molecular complexity index is 1030. The molecule has 27 heavy (non-hydrogen) atoms. The van der Waals surface area contributed by atoms with E-state index in [1.54, 1.807) is 6.07 Å². The van der Waals surface area contributed by atoms with Crippen molar-refractivity contribution in [3.63, 3.8) is 0 Å². The number of nitrogens with zero attached hydrogens (tertiary/aromatic N) is 2. The van der Waals surface area contributed by atoms with Crippen LogP contribution in [0.1, 0.15) is 22.4 Å². The van der Waals surface area contributed by atoms with Crippen LogP contribution in [0.2, 0.25) is 5.02 Å². The summed E-state index contributed by atoms with van der Waals surface area (Å²) < 4.78 is 16.3. The van der Waals surface area contributed by atoms with Gasteiger partial charge in [-0.3, -0.25) is 0 Å². The van der Waals surface area contributed by atoms with Crippen LogP contribution in [0, 0.1) is 12.7 Å². The number of fused-ring (bicyclic) bond motifs is 3. The van der Waals surface area contributed by atoms with E-state index in [4.69, 9.17) is 11.6 Å². The van der Waals surface area contributed by atoms with Gasteiger partial charge in [0.15, 0.2) is 0 Å². The Kier molecular flexibility index (Phi) is 4.83. The highest BCUT2D eigenvalue weighted by molar-refractivity contribution is 6.30. The fraction of sp³-hybridized carbons (Fsp3) is 0.304. The molecule has 0 amide bonds. The van der Waals surface area contributed by atoms with Crippen molar-refractivity contribution < 1.29 is 4.39 Å². The second kappa shape index (κ2) is 7.14. The summed E-state index contributed by atoms with van der Waals surface area (Å²) in [5, 5.41) is 1.49. The number of rotatable bonds is 3. The van der Waals surface area contributed by atoms with E-state index in [9.17, 15) is 4.39 Å². The van der Waals surface area contributed by atoms with E-state index in [1.807, 2.05) is 6.07 Å². The van der Waals surface area contributed by atoms with Crippen molar-refractivity contribution in [1.29, 1.82) is 0 Å². The van der Waals surface area contributed by atoms with E-state index in [2.05, 4.69) is 48.2 Å². The molecule has 0 radical (unpaired) electrons. The number of hydrogen-bond acceptors (Lipinski definition) is 1. The van der Waals surface area contributed by atoms with Gasteiger partial charge in [0.25, 0.3) is 0 Å². The Balaban J connectivity index is 1.79. The van der Waals surface area contributed by atoms with Gasteiger partial charge >= 0.3 is 0 Å². The lowest BCUT2D eigenvalue weighted by Crippen LogP contribution is -2.21. The van der Waals surface area contributed by atoms with Gasteiger partial charge in [0.2, 0.25) is 0 Å². The number of hydrogen-bond donors (Lipinski definition) is 0. The SMILES string of the molecule is C=C(Cn1c2c(c3cc(C)ccc31)CCN(C)CC2)c1ccc(Cl)c(F)c1. The van der Waals surface area contributed by atoms with Gasteiger partial charge in [0.05, 0.1) is 5.02 Å². The van der Waals surface area contributed by atoms with Crippen molar-refractivity contribution in [3.8, 4) is 0 Å². The highest BCUT2D eigenvalue weighted by Gasteiger charge is 2.21. The standard InChI is InChI=1S/C23H24ClFN2/c1-15-4-7-22-19(12-15)18-8-10-26(3)11-9-23(18)27(22)14-16(2)17-5-6-20(24)21(25)13-17/h4-7,12-13H,2,8-11,14H2,1,3H3. The Morgan fingerprint density at radius 2 is 1.93 bits per heavy atom. The second-order valence-corrected chi connectivity index (χ2v) is 7.97. The van der Waals surface area contributed by atoms with Crippen molar-refractivity contribution in [3.05, 3.63) is 76.2 Å². The third-order valence-corrected chi connectivity index (χ3v) is 5.90. The van der Waals surface area contributed by atoms with E-state index < -0.39 is 5.82 Å². The zero-order chi connectivity index (χ0) is 19.1. The smallest absolute Gasteiger partial charge is 0.142 e. The quantitative estimate of drug-likeness (QED) is 0.581. The van der Waals surface area contributed by atoms with E-state index >= 15 is 0 Å². The Morgan fingerprint density at radius 1 is 1.15 bits per heavy atom. The van der Waals surface area contributed by atoms with Crippen LogP contribution in [0.4, 0.5) is 4.39 Å². The van der Waals surface area contributed by atoms with Crippen LogP contribution in [0.15, 0.2) is 43.0 Å². The topological polar surface area (TPSA) is 8.17 Å².